The van der Waals surface area contributed by atoms with Crippen molar-refractivity contribution < 1.29 is 14.6 Å². The first-order chi connectivity index (χ1) is 9.10. The Morgan fingerprint density at radius 3 is 2.74 bits per heavy atom. The summed E-state index contributed by atoms with van der Waals surface area (Å²) in [4.78, 5) is 11.1. The Morgan fingerprint density at radius 2 is 2.16 bits per heavy atom. The predicted octanol–water partition coefficient (Wildman–Crippen LogP) is 2.52. The third-order valence-electron chi connectivity index (χ3n) is 3.00. The second-order valence-corrected chi connectivity index (χ2v) is 4.36. The van der Waals surface area contributed by atoms with Crippen molar-refractivity contribution in [3.63, 3.8) is 0 Å². The molecule has 1 unspecified atom stereocenters. The van der Waals surface area contributed by atoms with Crippen LogP contribution in [0.25, 0.3) is 0 Å². The van der Waals surface area contributed by atoms with Crippen LogP contribution >= 0.6 is 0 Å². The molecule has 1 aromatic rings. The van der Waals surface area contributed by atoms with Crippen LogP contribution in [-0.2, 0) is 6.42 Å². The zero-order chi connectivity index (χ0) is 14.3. The van der Waals surface area contributed by atoms with E-state index in [9.17, 15) is 4.79 Å². The zero-order valence-electron chi connectivity index (χ0n) is 11.7. The molecule has 0 aromatic heterocycles. The molecule has 1 amide bonds. The van der Waals surface area contributed by atoms with Gasteiger partial charge in [0.15, 0.2) is 0 Å². The fraction of sp³-hybridized carbons (Fsp3) is 0.500. The van der Waals surface area contributed by atoms with Crippen molar-refractivity contribution in [1.29, 1.82) is 0 Å². The number of hydrazine groups is 1. The Bertz CT molecular complexity index is 409. The zero-order valence-corrected chi connectivity index (χ0v) is 11.7. The van der Waals surface area contributed by atoms with Gasteiger partial charge < -0.3 is 9.84 Å². The minimum Gasteiger partial charge on any atom is -0.496 e. The average Bonchev–Trinajstić information content (AvgIpc) is 2.42. The Labute approximate surface area is 114 Å². The summed E-state index contributed by atoms with van der Waals surface area (Å²) in [5.74, 6) is 0.847. The van der Waals surface area contributed by atoms with Crippen LogP contribution in [0.1, 0.15) is 25.8 Å². The van der Waals surface area contributed by atoms with E-state index in [4.69, 9.17) is 9.84 Å². The monoisotopic (exact) mass is 266 g/mol. The van der Waals surface area contributed by atoms with Crippen LogP contribution in [0.4, 0.5) is 4.79 Å². The third kappa shape index (κ3) is 4.44. The number of nitrogens with zero attached hydrogens (tertiary/aromatic N) is 1. The topological polar surface area (TPSA) is 61.8 Å². The van der Waals surface area contributed by atoms with Gasteiger partial charge in [-0.05, 0) is 31.4 Å². The lowest BCUT2D eigenvalue weighted by molar-refractivity contribution is 0.0961. The molecule has 5 heteroatoms. The number of ether oxygens (including phenoxy) is 1. The highest BCUT2D eigenvalue weighted by Gasteiger charge is 2.18. The first kappa shape index (κ1) is 15.3. The maximum atomic E-state index is 11.1. The largest absolute Gasteiger partial charge is 0.496 e. The van der Waals surface area contributed by atoms with Gasteiger partial charge in [-0.3, -0.25) is 0 Å². The number of carboxylic acid groups (broad SMARTS) is 1. The first-order valence-corrected chi connectivity index (χ1v) is 6.47. The molecular formula is C14H22N2O3. The quantitative estimate of drug-likeness (QED) is 0.744. The number of hydrogen-bond donors (Lipinski definition) is 2. The van der Waals surface area contributed by atoms with Gasteiger partial charge in [-0.25, -0.2) is 15.2 Å². The lowest BCUT2D eigenvalue weighted by Crippen LogP contribution is -2.47. The molecule has 1 rings (SSSR count). The lowest BCUT2D eigenvalue weighted by atomic mass is 10.1. The second kappa shape index (κ2) is 7.63. The summed E-state index contributed by atoms with van der Waals surface area (Å²) in [6, 6.07) is 7.71. The molecule has 0 saturated heterocycles. The van der Waals surface area contributed by atoms with E-state index in [-0.39, 0.29) is 6.04 Å². The van der Waals surface area contributed by atoms with Crippen molar-refractivity contribution in [3.05, 3.63) is 29.8 Å². The molecule has 106 valence electrons. The van der Waals surface area contributed by atoms with Gasteiger partial charge in [-0.1, -0.05) is 25.1 Å². The SMILES string of the molecule is CCNN(C(=O)O)C(C)CCc1ccccc1OC. The standard InChI is InChI=1S/C14H22N2O3/c1-4-15-16(14(17)18)11(2)9-10-12-7-5-6-8-13(12)19-3/h5-8,11,15H,4,9-10H2,1-3H3,(H,17,18). The van der Waals surface area contributed by atoms with Crippen molar-refractivity contribution >= 4 is 6.09 Å². The summed E-state index contributed by atoms with van der Waals surface area (Å²) in [7, 11) is 1.64. The number of para-hydroxylation sites is 1. The first-order valence-electron chi connectivity index (χ1n) is 6.47. The van der Waals surface area contributed by atoms with E-state index in [1.54, 1.807) is 7.11 Å². The summed E-state index contributed by atoms with van der Waals surface area (Å²) in [6.07, 6.45) is 0.564. The van der Waals surface area contributed by atoms with E-state index < -0.39 is 6.09 Å². The number of nitrogens with one attached hydrogen (secondary N) is 1. The smallest absolute Gasteiger partial charge is 0.422 e. The van der Waals surface area contributed by atoms with Crippen LogP contribution in [0.2, 0.25) is 0 Å². The van der Waals surface area contributed by atoms with Crippen molar-refractivity contribution in [2.45, 2.75) is 32.7 Å². The van der Waals surface area contributed by atoms with Gasteiger partial charge in [0.05, 0.1) is 7.11 Å². The Kier molecular flexibility index (Phi) is 6.15. The van der Waals surface area contributed by atoms with Gasteiger partial charge in [0.1, 0.15) is 5.75 Å². The molecular weight excluding hydrogens is 244 g/mol. The molecule has 0 bridgehead atoms. The number of rotatable bonds is 7. The van der Waals surface area contributed by atoms with Gasteiger partial charge in [-0.2, -0.15) is 0 Å². The molecule has 0 aliphatic heterocycles. The number of benzene rings is 1. The number of hydrogen-bond acceptors (Lipinski definition) is 3. The van der Waals surface area contributed by atoms with Crippen molar-refractivity contribution in [2.75, 3.05) is 13.7 Å². The minimum absolute atomic E-state index is 0.0950. The highest BCUT2D eigenvalue weighted by molar-refractivity contribution is 5.64. The predicted molar refractivity (Wildman–Crippen MR) is 74.3 cm³/mol. The number of carbonyl (C=O) groups is 1. The molecule has 19 heavy (non-hydrogen) atoms. The molecule has 0 saturated carbocycles. The minimum atomic E-state index is -0.950. The fourth-order valence-electron chi connectivity index (χ4n) is 1.99. The molecule has 0 heterocycles. The van der Waals surface area contributed by atoms with E-state index in [0.29, 0.717) is 6.54 Å². The highest BCUT2D eigenvalue weighted by atomic mass is 16.5. The van der Waals surface area contributed by atoms with E-state index in [1.165, 1.54) is 5.01 Å². The molecule has 0 spiro atoms. The van der Waals surface area contributed by atoms with Gasteiger partial charge >= 0.3 is 6.09 Å². The molecule has 1 aromatic carbocycles. The Balaban J connectivity index is 2.61. The number of amides is 1. The molecule has 0 aliphatic rings. The average molecular weight is 266 g/mol. The van der Waals surface area contributed by atoms with E-state index in [0.717, 1.165) is 24.2 Å². The van der Waals surface area contributed by atoms with Crippen LogP contribution in [0.5, 0.6) is 5.75 Å². The van der Waals surface area contributed by atoms with E-state index in [2.05, 4.69) is 5.43 Å². The summed E-state index contributed by atoms with van der Waals surface area (Å²) in [5.41, 5.74) is 3.95. The van der Waals surface area contributed by atoms with Gasteiger partial charge in [0, 0.05) is 12.6 Å². The summed E-state index contributed by atoms with van der Waals surface area (Å²) >= 11 is 0. The number of aryl methyl sites for hydroxylation is 1. The third-order valence-corrected chi connectivity index (χ3v) is 3.00. The molecule has 0 fully saturated rings. The molecule has 2 N–H and O–H groups in total. The van der Waals surface area contributed by atoms with E-state index >= 15 is 0 Å². The summed E-state index contributed by atoms with van der Waals surface area (Å²) in [5, 5.41) is 10.4. The second-order valence-electron chi connectivity index (χ2n) is 4.36. The van der Waals surface area contributed by atoms with Crippen molar-refractivity contribution in [3.8, 4) is 5.75 Å². The van der Waals surface area contributed by atoms with Gasteiger partial charge in [0.25, 0.3) is 0 Å². The highest BCUT2D eigenvalue weighted by Crippen LogP contribution is 2.20. The molecule has 0 aliphatic carbocycles. The van der Waals surface area contributed by atoms with Gasteiger partial charge in [0.2, 0.25) is 0 Å². The normalized spacial score (nSPS) is 11.9. The van der Waals surface area contributed by atoms with Crippen LogP contribution < -0.4 is 10.2 Å². The maximum absolute atomic E-state index is 11.1. The van der Waals surface area contributed by atoms with Crippen LogP contribution in [-0.4, -0.2) is 35.9 Å². The fourth-order valence-corrected chi connectivity index (χ4v) is 1.99. The lowest BCUT2D eigenvalue weighted by Gasteiger charge is -2.26. The summed E-state index contributed by atoms with van der Waals surface area (Å²) < 4.78 is 5.29. The van der Waals surface area contributed by atoms with Gasteiger partial charge in [-0.15, -0.1) is 0 Å². The maximum Gasteiger partial charge on any atom is 0.422 e. The van der Waals surface area contributed by atoms with Crippen molar-refractivity contribution in [1.82, 2.24) is 10.4 Å². The van der Waals surface area contributed by atoms with E-state index in [1.807, 2.05) is 38.1 Å². The summed E-state index contributed by atoms with van der Waals surface area (Å²) in [6.45, 7) is 4.36. The Morgan fingerprint density at radius 1 is 1.47 bits per heavy atom. The van der Waals surface area contributed by atoms with Crippen molar-refractivity contribution in [2.24, 2.45) is 0 Å². The number of methoxy groups -OCH3 is 1. The van der Waals surface area contributed by atoms with Crippen LogP contribution in [0, 0.1) is 0 Å². The Hall–Kier alpha value is -1.75. The van der Waals surface area contributed by atoms with Crippen LogP contribution in [0.15, 0.2) is 24.3 Å². The molecule has 1 atom stereocenters. The molecule has 5 nitrogen and oxygen atoms in total. The molecule has 0 radical (unpaired) electrons. The van der Waals surface area contributed by atoms with Crippen LogP contribution in [0.3, 0.4) is 0 Å².